The van der Waals surface area contributed by atoms with E-state index in [2.05, 4.69) is 51.4 Å². The zero-order valence-electron chi connectivity index (χ0n) is 19.4. The summed E-state index contributed by atoms with van der Waals surface area (Å²) in [5.74, 6) is -0.344. The summed E-state index contributed by atoms with van der Waals surface area (Å²) in [7, 11) is 0. The van der Waals surface area contributed by atoms with Gasteiger partial charge in [-0.1, -0.05) is 58.0 Å². The molecule has 0 radical (unpaired) electrons. The number of ether oxygens (including phenoxy) is 1. The molecule has 1 heterocycles. The minimum absolute atomic E-state index is 0.00363. The van der Waals surface area contributed by atoms with Crippen LogP contribution < -0.4 is 10.2 Å². The van der Waals surface area contributed by atoms with Gasteiger partial charge in [0.2, 0.25) is 0 Å². The summed E-state index contributed by atoms with van der Waals surface area (Å²) in [6.45, 7) is 10.3. The summed E-state index contributed by atoms with van der Waals surface area (Å²) < 4.78 is 6.07. The smallest absolute Gasteiger partial charge is 0.304 e. The van der Waals surface area contributed by atoms with Gasteiger partial charge in [-0.3, -0.25) is 15.1 Å². The number of hydroxylamine groups is 1. The zero-order chi connectivity index (χ0) is 22.9. The van der Waals surface area contributed by atoms with Gasteiger partial charge in [-0.15, -0.1) is 0 Å². The lowest BCUT2D eigenvalue weighted by atomic mass is 9.63. The van der Waals surface area contributed by atoms with E-state index in [-0.39, 0.29) is 23.2 Å². The fraction of sp³-hybridized carbons (Fsp3) is 0.444. The molecule has 2 aromatic carbocycles. The highest BCUT2D eigenvalue weighted by Gasteiger charge is 2.36. The molecule has 0 amide bonds. The van der Waals surface area contributed by atoms with E-state index in [1.54, 1.807) is 0 Å². The fourth-order valence-electron chi connectivity index (χ4n) is 4.78. The van der Waals surface area contributed by atoms with Gasteiger partial charge in [0, 0.05) is 11.6 Å². The number of hydrogen-bond acceptors (Lipinski definition) is 4. The van der Waals surface area contributed by atoms with Gasteiger partial charge >= 0.3 is 5.97 Å². The van der Waals surface area contributed by atoms with Gasteiger partial charge < -0.3 is 9.84 Å². The lowest BCUT2D eigenvalue weighted by molar-refractivity contribution is -0.137. The van der Waals surface area contributed by atoms with E-state index in [9.17, 15) is 9.90 Å². The molecule has 1 unspecified atom stereocenters. The summed E-state index contributed by atoms with van der Waals surface area (Å²) in [5, 5.41) is 9.30. The maximum atomic E-state index is 11.3. The third-order valence-electron chi connectivity index (χ3n) is 6.94. The highest BCUT2D eigenvalue weighted by molar-refractivity contribution is 5.69. The van der Waals surface area contributed by atoms with Gasteiger partial charge in [-0.05, 0) is 64.1 Å². The Kier molecular flexibility index (Phi) is 6.04. The fourth-order valence-corrected chi connectivity index (χ4v) is 4.78. The first-order valence-electron chi connectivity index (χ1n) is 11.3. The molecule has 0 saturated heterocycles. The molecule has 5 heteroatoms. The quantitative estimate of drug-likeness (QED) is 0.593. The number of carbonyl (C=O) groups is 1. The molecule has 2 aliphatic rings. The molecular weight excluding hydrogens is 402 g/mol. The normalized spacial score (nSPS) is 19.4. The second-order valence-electron chi connectivity index (χ2n) is 10.2. The number of carboxylic acid groups (broad SMARTS) is 1. The summed E-state index contributed by atoms with van der Waals surface area (Å²) in [6.07, 6.45) is 4.28. The molecule has 0 aromatic heterocycles. The molecule has 0 fully saturated rings. The van der Waals surface area contributed by atoms with E-state index < -0.39 is 5.97 Å². The van der Waals surface area contributed by atoms with Crippen molar-refractivity contribution in [3.8, 4) is 5.75 Å². The van der Waals surface area contributed by atoms with Crippen molar-refractivity contribution < 1.29 is 19.5 Å². The van der Waals surface area contributed by atoms with Crippen molar-refractivity contribution in [3.05, 3.63) is 76.5 Å². The van der Waals surface area contributed by atoms with Gasteiger partial charge in [-0.2, -0.15) is 0 Å². The summed E-state index contributed by atoms with van der Waals surface area (Å²) in [5.41, 5.74) is 8.97. The maximum Gasteiger partial charge on any atom is 0.304 e. The van der Waals surface area contributed by atoms with Crippen LogP contribution in [0.3, 0.4) is 0 Å². The Labute approximate surface area is 190 Å². The lowest BCUT2D eigenvalue weighted by Crippen LogP contribution is -2.33. The van der Waals surface area contributed by atoms with Crippen LogP contribution in [0.25, 0.3) is 0 Å². The van der Waals surface area contributed by atoms with E-state index in [1.165, 1.54) is 29.5 Å². The standard InChI is InChI=1S/C27H33NO4/c1-26(2)12-13-27(3,4)23-15-18(5-10-22(23)26)17-31-20-8-6-19(7-9-20)21(16-25(29)30)24-11-14-32-28-24/h5-11,15,21,28H,12-14,16-17H2,1-4H3,(H,29,30). The number of nitrogens with one attached hydrogen (secondary N) is 1. The molecular formula is C27H33NO4. The molecule has 2 N–H and O–H groups in total. The van der Waals surface area contributed by atoms with Crippen LogP contribution >= 0.6 is 0 Å². The predicted octanol–water partition coefficient (Wildman–Crippen LogP) is 5.59. The van der Waals surface area contributed by atoms with Crippen molar-refractivity contribution in [2.24, 2.45) is 0 Å². The number of fused-ring (bicyclic) bond motifs is 1. The predicted molar refractivity (Wildman–Crippen MR) is 125 cm³/mol. The number of hydrogen-bond donors (Lipinski definition) is 2. The Balaban J connectivity index is 1.47. The third kappa shape index (κ3) is 4.68. The van der Waals surface area contributed by atoms with E-state index in [1.807, 2.05) is 30.3 Å². The van der Waals surface area contributed by atoms with Crippen molar-refractivity contribution in [3.63, 3.8) is 0 Å². The second kappa shape index (κ2) is 8.62. The SMILES string of the molecule is CC1(C)CCC(C)(C)c2cc(COc3ccc(C(CC(=O)O)C4=CCON4)cc3)ccc21. The van der Waals surface area contributed by atoms with Crippen molar-refractivity contribution in [1.82, 2.24) is 5.48 Å². The van der Waals surface area contributed by atoms with Gasteiger partial charge in [0.15, 0.2) is 0 Å². The number of allylic oxidation sites excluding steroid dienone is 1. The average molecular weight is 436 g/mol. The molecule has 170 valence electrons. The maximum absolute atomic E-state index is 11.3. The number of carboxylic acids is 1. The molecule has 32 heavy (non-hydrogen) atoms. The molecule has 1 aliphatic heterocycles. The molecule has 1 atom stereocenters. The molecule has 2 aromatic rings. The van der Waals surface area contributed by atoms with Gasteiger partial charge in [0.1, 0.15) is 12.4 Å². The summed E-state index contributed by atoms with van der Waals surface area (Å²) in [6, 6.07) is 14.4. The Morgan fingerprint density at radius 1 is 1.06 bits per heavy atom. The molecule has 0 spiro atoms. The topological polar surface area (TPSA) is 67.8 Å². The van der Waals surface area contributed by atoms with Crippen molar-refractivity contribution in [1.29, 1.82) is 0 Å². The first kappa shape index (κ1) is 22.4. The molecule has 0 saturated carbocycles. The van der Waals surface area contributed by atoms with Crippen LogP contribution in [0.4, 0.5) is 0 Å². The van der Waals surface area contributed by atoms with E-state index >= 15 is 0 Å². The van der Waals surface area contributed by atoms with Crippen LogP contribution in [-0.2, 0) is 27.1 Å². The van der Waals surface area contributed by atoms with Crippen LogP contribution in [0.1, 0.15) is 75.1 Å². The van der Waals surface area contributed by atoms with Gasteiger partial charge in [0.25, 0.3) is 0 Å². The molecule has 0 bridgehead atoms. The molecule has 1 aliphatic carbocycles. The van der Waals surface area contributed by atoms with Gasteiger partial charge in [0.05, 0.1) is 13.0 Å². The van der Waals surface area contributed by atoms with Crippen LogP contribution in [0.5, 0.6) is 5.75 Å². The van der Waals surface area contributed by atoms with Crippen molar-refractivity contribution in [2.45, 2.75) is 70.3 Å². The average Bonchev–Trinajstić information content (AvgIpc) is 3.29. The van der Waals surface area contributed by atoms with Crippen molar-refractivity contribution in [2.75, 3.05) is 6.61 Å². The number of benzene rings is 2. The monoisotopic (exact) mass is 435 g/mol. The Morgan fingerprint density at radius 3 is 2.38 bits per heavy atom. The summed E-state index contributed by atoms with van der Waals surface area (Å²) in [4.78, 5) is 16.5. The third-order valence-corrected chi connectivity index (χ3v) is 6.94. The van der Waals surface area contributed by atoms with E-state index in [0.29, 0.717) is 13.2 Å². The zero-order valence-corrected chi connectivity index (χ0v) is 19.4. The Morgan fingerprint density at radius 2 is 1.75 bits per heavy atom. The van der Waals surface area contributed by atoms with Crippen LogP contribution in [-0.4, -0.2) is 17.7 Å². The Bertz CT molecular complexity index is 1020. The van der Waals surface area contributed by atoms with Crippen LogP contribution in [0, 0.1) is 0 Å². The molecule has 5 nitrogen and oxygen atoms in total. The first-order valence-corrected chi connectivity index (χ1v) is 11.3. The first-order chi connectivity index (χ1) is 15.2. The highest BCUT2D eigenvalue weighted by atomic mass is 16.6. The highest BCUT2D eigenvalue weighted by Crippen LogP contribution is 2.46. The largest absolute Gasteiger partial charge is 0.489 e. The van der Waals surface area contributed by atoms with E-state index in [4.69, 9.17) is 9.57 Å². The van der Waals surface area contributed by atoms with Crippen LogP contribution in [0.2, 0.25) is 0 Å². The van der Waals surface area contributed by atoms with Crippen molar-refractivity contribution >= 4 is 5.97 Å². The van der Waals surface area contributed by atoms with Crippen LogP contribution in [0.15, 0.2) is 54.2 Å². The Hall–Kier alpha value is -2.79. The molecule has 4 rings (SSSR count). The lowest BCUT2D eigenvalue weighted by Gasteiger charge is -2.42. The second-order valence-corrected chi connectivity index (χ2v) is 10.2. The number of rotatable bonds is 7. The minimum atomic E-state index is -0.844. The van der Waals surface area contributed by atoms with Gasteiger partial charge in [-0.25, -0.2) is 0 Å². The minimum Gasteiger partial charge on any atom is -0.489 e. The van der Waals surface area contributed by atoms with E-state index in [0.717, 1.165) is 17.0 Å². The number of aliphatic carboxylic acids is 1. The summed E-state index contributed by atoms with van der Waals surface area (Å²) >= 11 is 0.